The Morgan fingerprint density at radius 1 is 1.09 bits per heavy atom. The highest BCUT2D eigenvalue weighted by molar-refractivity contribution is 7.89. The molecule has 35 heavy (non-hydrogen) atoms. The van der Waals surface area contributed by atoms with Crippen LogP contribution in [0, 0.1) is 13.8 Å². The third kappa shape index (κ3) is 5.22. The second kappa shape index (κ2) is 10.2. The zero-order valence-corrected chi connectivity index (χ0v) is 21.7. The van der Waals surface area contributed by atoms with Crippen LogP contribution in [-0.4, -0.2) is 37.3 Å². The average molecular weight is 510 g/mol. The molecule has 4 aromatic rings. The number of nitrogens with zero attached hydrogens (tertiary/aromatic N) is 2. The number of nitrogens with one attached hydrogen (secondary N) is 1. The molecule has 0 unspecified atom stereocenters. The maximum absolute atomic E-state index is 13.6. The maximum atomic E-state index is 13.6. The molecular weight excluding hydrogens is 482 g/mol. The lowest BCUT2D eigenvalue weighted by atomic mass is 10.1. The smallest absolute Gasteiger partial charge is 0.257 e. The Labute approximate surface area is 209 Å². The summed E-state index contributed by atoms with van der Waals surface area (Å²) in [5, 5.41) is 3.27. The highest BCUT2D eigenvalue weighted by Gasteiger charge is 2.28. The molecule has 0 saturated heterocycles. The predicted octanol–water partition coefficient (Wildman–Crippen LogP) is 5.38. The van der Waals surface area contributed by atoms with E-state index in [1.807, 2.05) is 56.3 Å². The van der Waals surface area contributed by atoms with Gasteiger partial charge in [0.2, 0.25) is 10.0 Å². The normalized spacial score (nSPS) is 11.7. The number of hydrogen-bond acceptors (Lipinski definition) is 6. The van der Waals surface area contributed by atoms with Crippen LogP contribution in [-0.2, 0) is 16.6 Å². The van der Waals surface area contributed by atoms with E-state index >= 15 is 0 Å². The lowest BCUT2D eigenvalue weighted by Gasteiger charge is -2.22. The first-order chi connectivity index (χ1) is 16.7. The highest BCUT2D eigenvalue weighted by Crippen LogP contribution is 2.31. The summed E-state index contributed by atoms with van der Waals surface area (Å²) in [5.41, 5.74) is 4.07. The summed E-state index contributed by atoms with van der Waals surface area (Å²) in [4.78, 5) is 17.6. The number of amides is 1. The highest BCUT2D eigenvalue weighted by atomic mass is 32.2. The number of aromatic nitrogens is 1. The fraction of sp³-hybridized carbons (Fsp3) is 0.231. The van der Waals surface area contributed by atoms with Gasteiger partial charge in [-0.05, 0) is 54.8 Å². The van der Waals surface area contributed by atoms with Gasteiger partial charge in [-0.3, -0.25) is 10.1 Å². The van der Waals surface area contributed by atoms with Gasteiger partial charge >= 0.3 is 0 Å². The van der Waals surface area contributed by atoms with E-state index < -0.39 is 15.9 Å². The number of benzene rings is 3. The van der Waals surface area contributed by atoms with E-state index in [0.717, 1.165) is 26.9 Å². The Bertz CT molecular complexity index is 1480. The molecule has 0 aliphatic carbocycles. The van der Waals surface area contributed by atoms with Crippen molar-refractivity contribution in [3.63, 3.8) is 0 Å². The molecule has 182 valence electrons. The molecule has 1 amide bonds. The zero-order chi connectivity index (χ0) is 25.2. The van der Waals surface area contributed by atoms with E-state index in [9.17, 15) is 13.2 Å². The number of aryl methyl sites for hydroxylation is 2. The van der Waals surface area contributed by atoms with Gasteiger partial charge in [0, 0.05) is 18.7 Å². The van der Waals surface area contributed by atoms with Gasteiger partial charge in [0.05, 0.1) is 17.3 Å². The fourth-order valence-electron chi connectivity index (χ4n) is 3.91. The van der Waals surface area contributed by atoms with E-state index in [1.54, 1.807) is 13.0 Å². The van der Waals surface area contributed by atoms with Crippen molar-refractivity contribution < 1.29 is 17.9 Å². The van der Waals surface area contributed by atoms with Gasteiger partial charge in [-0.25, -0.2) is 13.4 Å². The molecule has 0 atom stereocenters. The average Bonchev–Trinajstić information content (AvgIpc) is 3.25. The first-order valence-electron chi connectivity index (χ1n) is 11.1. The predicted molar refractivity (Wildman–Crippen MR) is 140 cm³/mol. The van der Waals surface area contributed by atoms with Crippen molar-refractivity contribution in [1.29, 1.82) is 0 Å². The van der Waals surface area contributed by atoms with Gasteiger partial charge in [0.25, 0.3) is 5.91 Å². The summed E-state index contributed by atoms with van der Waals surface area (Å²) >= 11 is 1.38. The minimum atomic E-state index is -3.94. The third-order valence-corrected chi connectivity index (χ3v) is 8.51. The van der Waals surface area contributed by atoms with Crippen LogP contribution in [0.25, 0.3) is 10.2 Å². The number of ether oxygens (including phenoxy) is 1. The molecule has 0 aliphatic heterocycles. The zero-order valence-electron chi connectivity index (χ0n) is 20.0. The van der Waals surface area contributed by atoms with Crippen LogP contribution in [0.3, 0.4) is 0 Å². The third-order valence-electron chi connectivity index (χ3n) is 5.65. The molecule has 7 nitrogen and oxygen atoms in total. The van der Waals surface area contributed by atoms with Gasteiger partial charge in [0.1, 0.15) is 10.6 Å². The molecule has 1 heterocycles. The largest absolute Gasteiger partial charge is 0.495 e. The van der Waals surface area contributed by atoms with Crippen molar-refractivity contribution in [1.82, 2.24) is 9.29 Å². The van der Waals surface area contributed by atoms with E-state index in [0.29, 0.717) is 5.13 Å². The number of fused-ring (bicyclic) bond motifs is 1. The van der Waals surface area contributed by atoms with Crippen LogP contribution in [0.2, 0.25) is 0 Å². The van der Waals surface area contributed by atoms with E-state index in [-0.39, 0.29) is 29.3 Å². The van der Waals surface area contributed by atoms with Crippen LogP contribution in [0.4, 0.5) is 5.13 Å². The van der Waals surface area contributed by atoms with E-state index in [4.69, 9.17) is 4.74 Å². The van der Waals surface area contributed by atoms with E-state index in [1.165, 1.54) is 34.9 Å². The summed E-state index contributed by atoms with van der Waals surface area (Å²) in [7, 11) is -2.53. The summed E-state index contributed by atoms with van der Waals surface area (Å²) in [5.74, 6) is -0.261. The molecule has 3 aromatic carbocycles. The summed E-state index contributed by atoms with van der Waals surface area (Å²) in [6, 6.07) is 17.9. The van der Waals surface area contributed by atoms with Gasteiger partial charge in [0.15, 0.2) is 5.13 Å². The van der Waals surface area contributed by atoms with Crippen molar-refractivity contribution in [3.05, 3.63) is 82.9 Å². The number of carbonyl (C=O) groups excluding carboxylic acids is 1. The number of anilines is 1. The number of carbonyl (C=O) groups is 1. The van der Waals surface area contributed by atoms with E-state index in [2.05, 4.69) is 10.3 Å². The maximum Gasteiger partial charge on any atom is 0.257 e. The molecule has 0 bridgehead atoms. The Morgan fingerprint density at radius 2 is 1.83 bits per heavy atom. The fourth-order valence-corrected chi connectivity index (χ4v) is 6.56. The minimum Gasteiger partial charge on any atom is -0.495 e. The standard InChI is InChI=1S/C26H27N3O4S2/c1-5-29(16-19-9-7-6-8-10-19)35(31,32)23-15-20(11-12-21(23)33-4)25(30)28-26-27-24-18(3)13-17(2)14-22(24)34-26/h6-15H,5,16H2,1-4H3,(H,27,28,30). The van der Waals surface area contributed by atoms with Crippen molar-refractivity contribution >= 4 is 42.6 Å². The quantitative estimate of drug-likeness (QED) is 0.344. The van der Waals surface area contributed by atoms with Crippen LogP contribution in [0.15, 0.2) is 65.6 Å². The molecule has 1 aromatic heterocycles. The Balaban J connectivity index is 1.65. The molecular formula is C26H27N3O4S2. The Kier molecular flexibility index (Phi) is 7.20. The summed E-state index contributed by atoms with van der Waals surface area (Å²) in [6.45, 7) is 6.25. The topological polar surface area (TPSA) is 88.6 Å². The monoisotopic (exact) mass is 509 g/mol. The number of rotatable bonds is 8. The number of sulfonamides is 1. The second-order valence-electron chi connectivity index (χ2n) is 8.18. The summed E-state index contributed by atoms with van der Waals surface area (Å²) < 4.78 is 34.8. The Hall–Kier alpha value is -3.27. The molecule has 0 saturated carbocycles. The minimum absolute atomic E-state index is 0.0544. The SMILES string of the molecule is CCN(Cc1ccccc1)S(=O)(=O)c1cc(C(=O)Nc2nc3c(C)cc(C)cc3s2)ccc1OC. The lowest BCUT2D eigenvalue weighted by molar-refractivity contribution is 0.102. The van der Waals surface area contributed by atoms with Crippen molar-refractivity contribution in [2.24, 2.45) is 0 Å². The van der Waals surface area contributed by atoms with Crippen LogP contribution >= 0.6 is 11.3 Å². The molecule has 0 fully saturated rings. The van der Waals surface area contributed by atoms with Crippen molar-refractivity contribution in [2.45, 2.75) is 32.2 Å². The molecule has 0 spiro atoms. The van der Waals surface area contributed by atoms with Crippen LogP contribution < -0.4 is 10.1 Å². The number of hydrogen-bond donors (Lipinski definition) is 1. The molecule has 4 rings (SSSR count). The van der Waals surface area contributed by atoms with Crippen LogP contribution in [0.1, 0.15) is 34.0 Å². The molecule has 0 radical (unpaired) electrons. The first-order valence-corrected chi connectivity index (χ1v) is 13.4. The first kappa shape index (κ1) is 24.8. The number of methoxy groups -OCH3 is 1. The van der Waals surface area contributed by atoms with Gasteiger partial charge in [-0.2, -0.15) is 4.31 Å². The molecule has 9 heteroatoms. The molecule has 0 aliphatic rings. The van der Waals surface area contributed by atoms with Crippen LogP contribution in [0.5, 0.6) is 5.75 Å². The lowest BCUT2D eigenvalue weighted by Crippen LogP contribution is -2.31. The van der Waals surface area contributed by atoms with Gasteiger partial charge in [-0.1, -0.05) is 54.7 Å². The number of thiazole rings is 1. The van der Waals surface area contributed by atoms with Gasteiger partial charge < -0.3 is 4.74 Å². The second-order valence-corrected chi connectivity index (χ2v) is 11.1. The van der Waals surface area contributed by atoms with Crippen molar-refractivity contribution in [2.75, 3.05) is 19.0 Å². The summed E-state index contributed by atoms with van der Waals surface area (Å²) in [6.07, 6.45) is 0. The van der Waals surface area contributed by atoms with Gasteiger partial charge in [-0.15, -0.1) is 0 Å². The van der Waals surface area contributed by atoms with Crippen molar-refractivity contribution in [3.8, 4) is 5.75 Å². The Morgan fingerprint density at radius 3 is 2.51 bits per heavy atom. The molecule has 1 N–H and O–H groups in total.